The highest BCUT2D eigenvalue weighted by atomic mass is 79.9. The summed E-state index contributed by atoms with van der Waals surface area (Å²) in [6.07, 6.45) is 1.84. The molecule has 1 aliphatic heterocycles. The predicted molar refractivity (Wildman–Crippen MR) is 86.3 cm³/mol. The first kappa shape index (κ1) is 16.1. The fraction of sp³-hybridized carbons (Fsp3) is 0.500. The molecule has 0 fully saturated rings. The number of guanidine groups is 1. The fourth-order valence-corrected chi connectivity index (χ4v) is 2.76. The molecule has 0 saturated heterocycles. The molecule has 6 nitrogen and oxygen atoms in total. The maximum Gasteiger partial charge on any atom is 0.206 e. The van der Waals surface area contributed by atoms with Crippen molar-refractivity contribution in [3.8, 4) is 5.75 Å². The number of nitrogens with two attached hydrogens (primary N) is 1. The van der Waals surface area contributed by atoms with Crippen molar-refractivity contribution in [3.05, 3.63) is 27.7 Å². The van der Waals surface area contributed by atoms with Gasteiger partial charge in [-0.05, 0) is 24.1 Å². The first-order chi connectivity index (χ1) is 10.2. The zero-order chi connectivity index (χ0) is 15.1. The summed E-state index contributed by atoms with van der Waals surface area (Å²) in [6.45, 7) is 2.71. The van der Waals surface area contributed by atoms with Crippen LogP contribution < -0.4 is 21.3 Å². The van der Waals surface area contributed by atoms with Crippen molar-refractivity contribution in [2.45, 2.75) is 19.4 Å². The van der Waals surface area contributed by atoms with Crippen molar-refractivity contribution < 1.29 is 9.47 Å². The van der Waals surface area contributed by atoms with Gasteiger partial charge in [-0.1, -0.05) is 15.9 Å². The number of benzene rings is 1. The average Bonchev–Trinajstić information content (AvgIpc) is 2.94. The van der Waals surface area contributed by atoms with Gasteiger partial charge >= 0.3 is 0 Å². The Labute approximate surface area is 133 Å². The van der Waals surface area contributed by atoms with E-state index in [0.717, 1.165) is 41.8 Å². The van der Waals surface area contributed by atoms with Gasteiger partial charge in [-0.3, -0.25) is 5.43 Å². The quantitative estimate of drug-likeness (QED) is 0.235. The van der Waals surface area contributed by atoms with Crippen LogP contribution in [-0.4, -0.2) is 32.8 Å². The molecule has 1 heterocycles. The van der Waals surface area contributed by atoms with Gasteiger partial charge < -0.3 is 14.8 Å². The van der Waals surface area contributed by atoms with Crippen LogP contribution in [0.25, 0.3) is 0 Å². The van der Waals surface area contributed by atoms with E-state index in [-0.39, 0.29) is 0 Å². The van der Waals surface area contributed by atoms with Crippen molar-refractivity contribution >= 4 is 21.9 Å². The van der Waals surface area contributed by atoms with Crippen LogP contribution in [0.4, 0.5) is 0 Å². The van der Waals surface area contributed by atoms with E-state index in [2.05, 4.69) is 37.7 Å². The van der Waals surface area contributed by atoms with Crippen LogP contribution in [-0.2, 0) is 17.7 Å². The molecule has 0 aliphatic carbocycles. The summed E-state index contributed by atoms with van der Waals surface area (Å²) in [7, 11) is 1.68. The maximum absolute atomic E-state index is 5.68. The average molecular weight is 357 g/mol. The zero-order valence-electron chi connectivity index (χ0n) is 12.1. The second kappa shape index (κ2) is 8.21. The van der Waals surface area contributed by atoms with E-state index in [0.29, 0.717) is 19.1 Å². The van der Waals surface area contributed by atoms with Gasteiger partial charge in [-0.2, -0.15) is 0 Å². The minimum Gasteiger partial charge on any atom is -0.493 e. The van der Waals surface area contributed by atoms with Gasteiger partial charge in [-0.15, -0.1) is 0 Å². The SMILES string of the molecule is COCCCNC(=NCc1cc(Br)cc2c1OCC2)NN. The van der Waals surface area contributed by atoms with E-state index in [9.17, 15) is 0 Å². The first-order valence-electron chi connectivity index (χ1n) is 6.92. The maximum atomic E-state index is 5.68. The van der Waals surface area contributed by atoms with Gasteiger partial charge in [0, 0.05) is 36.7 Å². The number of rotatable bonds is 6. The molecular weight excluding hydrogens is 336 g/mol. The Morgan fingerprint density at radius 2 is 2.38 bits per heavy atom. The number of hydrogen-bond donors (Lipinski definition) is 3. The number of nitrogens with one attached hydrogen (secondary N) is 2. The third-order valence-corrected chi connectivity index (χ3v) is 3.65. The minimum atomic E-state index is 0.512. The van der Waals surface area contributed by atoms with Crippen LogP contribution in [0, 0.1) is 0 Å². The van der Waals surface area contributed by atoms with E-state index >= 15 is 0 Å². The lowest BCUT2D eigenvalue weighted by atomic mass is 10.1. The van der Waals surface area contributed by atoms with E-state index in [4.69, 9.17) is 15.3 Å². The summed E-state index contributed by atoms with van der Waals surface area (Å²) in [5.74, 6) is 7.00. The minimum absolute atomic E-state index is 0.512. The summed E-state index contributed by atoms with van der Waals surface area (Å²) in [6, 6.07) is 4.13. The van der Waals surface area contributed by atoms with Crippen molar-refractivity contribution in [2.75, 3.05) is 26.9 Å². The molecule has 1 aromatic carbocycles. The zero-order valence-corrected chi connectivity index (χ0v) is 13.7. The lowest BCUT2D eigenvalue weighted by Crippen LogP contribution is -2.42. The van der Waals surface area contributed by atoms with E-state index in [1.165, 1.54) is 5.56 Å². The highest BCUT2D eigenvalue weighted by Gasteiger charge is 2.17. The number of aliphatic imine (C=N–C) groups is 1. The molecule has 2 rings (SSSR count). The summed E-state index contributed by atoms with van der Waals surface area (Å²) in [5, 5.41) is 3.14. The third kappa shape index (κ3) is 4.59. The summed E-state index contributed by atoms with van der Waals surface area (Å²) < 4.78 is 11.7. The lowest BCUT2D eigenvalue weighted by molar-refractivity contribution is 0.195. The second-order valence-corrected chi connectivity index (χ2v) is 5.65. The van der Waals surface area contributed by atoms with Crippen molar-refractivity contribution in [3.63, 3.8) is 0 Å². The van der Waals surface area contributed by atoms with Crippen LogP contribution in [0.1, 0.15) is 17.5 Å². The normalized spacial score (nSPS) is 13.8. The van der Waals surface area contributed by atoms with E-state index in [1.807, 2.05) is 6.07 Å². The Balaban J connectivity index is 1.98. The van der Waals surface area contributed by atoms with Gasteiger partial charge in [0.2, 0.25) is 5.96 Å². The van der Waals surface area contributed by atoms with Gasteiger partial charge in [0.15, 0.2) is 0 Å². The molecule has 0 spiro atoms. The number of ether oxygens (including phenoxy) is 2. The van der Waals surface area contributed by atoms with Gasteiger partial charge in [0.1, 0.15) is 5.75 Å². The van der Waals surface area contributed by atoms with Gasteiger partial charge in [0.25, 0.3) is 0 Å². The topological polar surface area (TPSA) is 80.9 Å². The van der Waals surface area contributed by atoms with Crippen molar-refractivity contribution in [2.24, 2.45) is 10.8 Å². The molecule has 0 bridgehead atoms. The number of hydrogen-bond acceptors (Lipinski definition) is 4. The predicted octanol–water partition coefficient (Wildman–Crippen LogP) is 1.33. The van der Waals surface area contributed by atoms with E-state index in [1.54, 1.807) is 7.11 Å². The number of hydrazine groups is 1. The monoisotopic (exact) mass is 356 g/mol. The highest BCUT2D eigenvalue weighted by molar-refractivity contribution is 9.10. The van der Waals surface area contributed by atoms with E-state index < -0.39 is 0 Å². The molecule has 0 aromatic heterocycles. The van der Waals surface area contributed by atoms with Crippen LogP contribution >= 0.6 is 15.9 Å². The number of methoxy groups -OCH3 is 1. The molecule has 1 aromatic rings. The Hall–Kier alpha value is -1.31. The Bertz CT molecular complexity index is 508. The van der Waals surface area contributed by atoms with Gasteiger partial charge in [0.05, 0.1) is 13.2 Å². The molecule has 7 heteroatoms. The van der Waals surface area contributed by atoms with Crippen molar-refractivity contribution in [1.29, 1.82) is 0 Å². The molecule has 116 valence electrons. The smallest absolute Gasteiger partial charge is 0.206 e. The standard InChI is InChI=1S/C14H21BrN4O2/c1-20-5-2-4-17-14(19-16)18-9-11-8-12(15)7-10-3-6-21-13(10)11/h7-8H,2-6,9,16H2,1H3,(H2,17,18,19). The molecule has 0 atom stereocenters. The summed E-state index contributed by atoms with van der Waals surface area (Å²) in [4.78, 5) is 4.46. The highest BCUT2D eigenvalue weighted by Crippen LogP contribution is 2.33. The second-order valence-electron chi connectivity index (χ2n) is 4.73. The first-order valence-corrected chi connectivity index (χ1v) is 7.72. The van der Waals surface area contributed by atoms with Gasteiger partial charge in [-0.25, -0.2) is 10.8 Å². The third-order valence-electron chi connectivity index (χ3n) is 3.19. The summed E-state index contributed by atoms with van der Waals surface area (Å²) in [5.41, 5.74) is 4.86. The molecule has 0 amide bonds. The number of halogens is 1. The lowest BCUT2D eigenvalue weighted by Gasteiger charge is -2.10. The molecule has 4 N–H and O–H groups in total. The summed E-state index contributed by atoms with van der Waals surface area (Å²) >= 11 is 3.53. The van der Waals surface area contributed by atoms with Crippen LogP contribution in [0.2, 0.25) is 0 Å². The Morgan fingerprint density at radius 3 is 3.14 bits per heavy atom. The molecule has 0 saturated carbocycles. The molecular formula is C14H21BrN4O2. The fourth-order valence-electron chi connectivity index (χ4n) is 2.20. The molecule has 0 unspecified atom stereocenters. The number of nitrogens with zero attached hydrogens (tertiary/aromatic N) is 1. The molecule has 21 heavy (non-hydrogen) atoms. The van der Waals surface area contributed by atoms with Crippen LogP contribution in [0.3, 0.4) is 0 Å². The molecule has 1 aliphatic rings. The Morgan fingerprint density at radius 1 is 1.52 bits per heavy atom. The van der Waals surface area contributed by atoms with Crippen LogP contribution in [0.15, 0.2) is 21.6 Å². The molecule has 0 radical (unpaired) electrons. The van der Waals surface area contributed by atoms with Crippen molar-refractivity contribution in [1.82, 2.24) is 10.7 Å². The largest absolute Gasteiger partial charge is 0.493 e. The Kier molecular flexibility index (Phi) is 6.28. The number of fused-ring (bicyclic) bond motifs is 1. The van der Waals surface area contributed by atoms with Crippen LogP contribution in [0.5, 0.6) is 5.75 Å².